The number of nitrogens with zero attached hydrogens (tertiary/aromatic N) is 1. The van der Waals surface area contributed by atoms with E-state index in [-0.39, 0.29) is 18.4 Å². The molecule has 3 rings (SSSR count). The molecule has 0 saturated carbocycles. The van der Waals surface area contributed by atoms with Gasteiger partial charge in [0.05, 0.1) is 11.3 Å². The van der Waals surface area contributed by atoms with E-state index >= 15 is 0 Å². The van der Waals surface area contributed by atoms with Crippen molar-refractivity contribution < 1.29 is 14.3 Å². The first-order valence-electron chi connectivity index (χ1n) is 9.83. The Kier molecular flexibility index (Phi) is 6.86. The third-order valence-corrected chi connectivity index (χ3v) is 4.74. The van der Waals surface area contributed by atoms with Gasteiger partial charge in [0, 0.05) is 13.6 Å². The number of aryl methyl sites for hydroxylation is 2. The van der Waals surface area contributed by atoms with Gasteiger partial charge in [0.1, 0.15) is 5.75 Å². The quantitative estimate of drug-likeness (QED) is 0.642. The molecule has 0 unspecified atom stereocenters. The predicted octanol–water partition coefficient (Wildman–Crippen LogP) is 4.28. The second kappa shape index (κ2) is 9.74. The van der Waals surface area contributed by atoms with Gasteiger partial charge in [-0.3, -0.25) is 9.59 Å². The smallest absolute Gasteiger partial charge is 0.264 e. The number of rotatable bonds is 7. The van der Waals surface area contributed by atoms with Crippen LogP contribution < -0.4 is 15.0 Å². The predicted molar refractivity (Wildman–Crippen MR) is 119 cm³/mol. The van der Waals surface area contributed by atoms with Gasteiger partial charge in [-0.05, 0) is 54.8 Å². The van der Waals surface area contributed by atoms with Crippen LogP contribution in [0.2, 0.25) is 0 Å². The Morgan fingerprint density at radius 1 is 0.900 bits per heavy atom. The zero-order chi connectivity index (χ0) is 21.5. The molecule has 0 saturated heterocycles. The Balaban J connectivity index is 1.67. The normalized spacial score (nSPS) is 10.4. The van der Waals surface area contributed by atoms with Gasteiger partial charge in [-0.15, -0.1) is 0 Å². The summed E-state index contributed by atoms with van der Waals surface area (Å²) in [5, 5.41) is 2.91. The van der Waals surface area contributed by atoms with Gasteiger partial charge in [-0.2, -0.15) is 0 Å². The van der Waals surface area contributed by atoms with Gasteiger partial charge in [0.2, 0.25) is 0 Å². The maximum atomic E-state index is 12.7. The van der Waals surface area contributed by atoms with Gasteiger partial charge in [0.25, 0.3) is 11.8 Å². The molecule has 0 aliphatic heterocycles. The maximum absolute atomic E-state index is 12.7. The maximum Gasteiger partial charge on any atom is 0.264 e. The van der Waals surface area contributed by atoms with E-state index in [1.54, 1.807) is 31.3 Å². The van der Waals surface area contributed by atoms with Crippen molar-refractivity contribution in [2.45, 2.75) is 20.4 Å². The van der Waals surface area contributed by atoms with Crippen molar-refractivity contribution in [1.29, 1.82) is 0 Å². The summed E-state index contributed by atoms with van der Waals surface area (Å²) in [6.07, 6.45) is 0. The van der Waals surface area contributed by atoms with Crippen molar-refractivity contribution in [2.75, 3.05) is 18.6 Å². The van der Waals surface area contributed by atoms with Crippen LogP contribution in [-0.4, -0.2) is 25.5 Å². The Bertz CT molecular complexity index is 1010. The number of likely N-dealkylation sites (N-methyl/N-ethyl adjacent to an activating group) is 1. The van der Waals surface area contributed by atoms with Crippen LogP contribution in [0, 0.1) is 13.8 Å². The van der Waals surface area contributed by atoms with Crippen LogP contribution in [0.1, 0.15) is 27.0 Å². The summed E-state index contributed by atoms with van der Waals surface area (Å²) in [5.74, 6) is 0.185. The molecule has 1 N–H and O–H groups in total. The van der Waals surface area contributed by atoms with E-state index in [0.29, 0.717) is 23.5 Å². The molecule has 30 heavy (non-hydrogen) atoms. The first-order chi connectivity index (χ1) is 14.4. The number of amides is 2. The van der Waals surface area contributed by atoms with Crippen LogP contribution in [0.4, 0.5) is 5.69 Å². The molecular weight excluding hydrogens is 376 g/mol. The van der Waals surface area contributed by atoms with Crippen molar-refractivity contribution in [1.82, 2.24) is 5.32 Å². The largest absolute Gasteiger partial charge is 0.484 e. The number of carbonyl (C=O) groups excluding carboxylic acids is 2. The summed E-state index contributed by atoms with van der Waals surface area (Å²) in [6.45, 7) is 4.27. The van der Waals surface area contributed by atoms with Crippen molar-refractivity contribution in [2.24, 2.45) is 0 Å². The second-order valence-electron chi connectivity index (χ2n) is 7.25. The minimum absolute atomic E-state index is 0.112. The molecule has 0 fully saturated rings. The van der Waals surface area contributed by atoms with E-state index in [0.717, 1.165) is 16.7 Å². The van der Waals surface area contributed by atoms with Gasteiger partial charge in [-0.25, -0.2) is 0 Å². The third-order valence-electron chi connectivity index (χ3n) is 4.74. The number of anilines is 1. The van der Waals surface area contributed by atoms with Crippen molar-refractivity contribution in [3.8, 4) is 5.75 Å². The zero-order valence-electron chi connectivity index (χ0n) is 17.5. The minimum atomic E-state index is -0.238. The summed E-state index contributed by atoms with van der Waals surface area (Å²) < 4.78 is 5.69. The monoisotopic (exact) mass is 402 g/mol. The lowest BCUT2D eigenvalue weighted by Gasteiger charge is -2.21. The lowest BCUT2D eigenvalue weighted by atomic mass is 10.1. The molecule has 5 nitrogen and oxygen atoms in total. The van der Waals surface area contributed by atoms with Crippen molar-refractivity contribution >= 4 is 17.5 Å². The first-order valence-corrected chi connectivity index (χ1v) is 9.83. The highest BCUT2D eigenvalue weighted by molar-refractivity contribution is 6.04. The highest BCUT2D eigenvalue weighted by atomic mass is 16.5. The molecule has 0 radical (unpaired) electrons. The number of nitrogens with one attached hydrogen (secondary N) is 1. The number of hydrogen-bond acceptors (Lipinski definition) is 3. The zero-order valence-corrected chi connectivity index (χ0v) is 17.5. The van der Waals surface area contributed by atoms with Gasteiger partial charge in [0.15, 0.2) is 6.61 Å². The Morgan fingerprint density at radius 3 is 2.23 bits per heavy atom. The number of para-hydroxylation sites is 1. The molecule has 2 amide bonds. The molecule has 0 aliphatic rings. The average Bonchev–Trinajstić information content (AvgIpc) is 2.75. The number of carbonyl (C=O) groups is 2. The second-order valence-corrected chi connectivity index (χ2v) is 7.25. The minimum Gasteiger partial charge on any atom is -0.484 e. The van der Waals surface area contributed by atoms with E-state index in [1.807, 2.05) is 62.4 Å². The number of hydrogen-bond donors (Lipinski definition) is 1. The molecule has 0 aromatic heterocycles. The highest BCUT2D eigenvalue weighted by Gasteiger charge is 2.19. The summed E-state index contributed by atoms with van der Waals surface area (Å²) in [5.41, 5.74) is 4.14. The lowest BCUT2D eigenvalue weighted by Crippen LogP contribution is -2.33. The van der Waals surface area contributed by atoms with Crippen LogP contribution in [0.15, 0.2) is 72.8 Å². The van der Waals surface area contributed by atoms with Gasteiger partial charge in [-0.1, -0.05) is 48.5 Å². The highest BCUT2D eigenvalue weighted by Crippen LogP contribution is 2.21. The first kappa shape index (κ1) is 21.1. The summed E-state index contributed by atoms with van der Waals surface area (Å²) in [7, 11) is 1.65. The van der Waals surface area contributed by atoms with Crippen LogP contribution in [0.25, 0.3) is 0 Å². The Hall–Kier alpha value is -3.60. The fourth-order valence-corrected chi connectivity index (χ4v) is 3.22. The molecule has 3 aromatic carbocycles. The molecule has 5 heteroatoms. The van der Waals surface area contributed by atoms with E-state index in [9.17, 15) is 9.59 Å². The number of ether oxygens (including phenoxy) is 1. The Morgan fingerprint density at radius 2 is 1.53 bits per heavy atom. The van der Waals surface area contributed by atoms with Crippen molar-refractivity contribution in [3.63, 3.8) is 0 Å². The van der Waals surface area contributed by atoms with Crippen LogP contribution >= 0.6 is 0 Å². The number of benzene rings is 3. The Labute approximate surface area is 177 Å². The van der Waals surface area contributed by atoms with Crippen LogP contribution in [-0.2, 0) is 11.3 Å². The summed E-state index contributed by atoms with van der Waals surface area (Å²) in [4.78, 5) is 26.9. The molecule has 0 bridgehead atoms. The van der Waals surface area contributed by atoms with Crippen molar-refractivity contribution in [3.05, 3.63) is 95.1 Å². The van der Waals surface area contributed by atoms with E-state index in [1.165, 1.54) is 4.90 Å². The molecule has 0 heterocycles. The van der Waals surface area contributed by atoms with E-state index in [2.05, 4.69) is 5.32 Å². The summed E-state index contributed by atoms with van der Waals surface area (Å²) in [6, 6.07) is 22.6. The summed E-state index contributed by atoms with van der Waals surface area (Å²) >= 11 is 0. The van der Waals surface area contributed by atoms with E-state index in [4.69, 9.17) is 4.74 Å². The van der Waals surface area contributed by atoms with Crippen LogP contribution in [0.5, 0.6) is 5.75 Å². The fourth-order valence-electron chi connectivity index (χ4n) is 3.22. The van der Waals surface area contributed by atoms with Gasteiger partial charge < -0.3 is 15.0 Å². The van der Waals surface area contributed by atoms with E-state index < -0.39 is 0 Å². The molecule has 0 atom stereocenters. The molecule has 0 spiro atoms. The molecule has 3 aromatic rings. The molecule has 0 aliphatic carbocycles. The SMILES string of the molecule is Cc1cc(C)cc(OCC(=O)N(C)c2ccccc2C(=O)NCc2ccccc2)c1. The topological polar surface area (TPSA) is 58.6 Å². The molecule has 154 valence electrons. The van der Waals surface area contributed by atoms with Gasteiger partial charge >= 0.3 is 0 Å². The average molecular weight is 402 g/mol. The molecular formula is C25H26N2O3. The van der Waals surface area contributed by atoms with Crippen LogP contribution in [0.3, 0.4) is 0 Å². The standard InChI is InChI=1S/C25H26N2O3/c1-18-13-19(2)15-21(14-18)30-17-24(28)27(3)23-12-8-7-11-22(23)25(29)26-16-20-9-5-4-6-10-20/h4-15H,16-17H2,1-3H3,(H,26,29). The third kappa shape index (κ3) is 5.47. The fraction of sp³-hybridized carbons (Fsp3) is 0.200. The lowest BCUT2D eigenvalue weighted by molar-refractivity contribution is -0.120.